The van der Waals surface area contributed by atoms with Crippen molar-refractivity contribution < 1.29 is 13.2 Å². The SMILES string of the molecule is FC(F)(F)c1ccc2c(c1)=NNN(n1cccn1)C=2. The summed E-state index contributed by atoms with van der Waals surface area (Å²) < 4.78 is 37.7. The highest BCUT2D eigenvalue weighted by Gasteiger charge is 2.30. The summed E-state index contributed by atoms with van der Waals surface area (Å²) in [5.74, 6) is 0. The minimum Gasteiger partial charge on any atom is -0.197 e. The Balaban J connectivity index is 2.04. The van der Waals surface area contributed by atoms with Crippen LogP contribution in [0.15, 0.2) is 41.8 Å². The predicted molar refractivity (Wildman–Crippen MR) is 60.3 cm³/mol. The van der Waals surface area contributed by atoms with Gasteiger partial charge in [-0.25, -0.2) is 0 Å². The molecule has 98 valence electrons. The first kappa shape index (κ1) is 11.6. The monoisotopic (exact) mass is 267 g/mol. The number of rotatable bonds is 1. The molecule has 1 aliphatic rings. The van der Waals surface area contributed by atoms with Crippen LogP contribution in [-0.2, 0) is 6.18 Å². The zero-order chi connectivity index (χ0) is 13.5. The van der Waals surface area contributed by atoms with E-state index < -0.39 is 11.7 Å². The lowest BCUT2D eigenvalue weighted by Crippen LogP contribution is -2.48. The first-order valence-electron chi connectivity index (χ1n) is 5.36. The minimum absolute atomic E-state index is 0.234. The zero-order valence-electron chi connectivity index (χ0n) is 9.46. The van der Waals surface area contributed by atoms with Crippen molar-refractivity contribution in [3.05, 3.63) is 52.8 Å². The smallest absolute Gasteiger partial charge is 0.197 e. The number of halogens is 3. The molecule has 0 amide bonds. The van der Waals surface area contributed by atoms with Gasteiger partial charge in [-0.2, -0.15) is 38.8 Å². The number of aromatic nitrogens is 2. The van der Waals surface area contributed by atoms with Gasteiger partial charge in [0, 0.05) is 5.22 Å². The highest BCUT2D eigenvalue weighted by Crippen LogP contribution is 2.27. The molecule has 1 aliphatic heterocycles. The number of benzene rings is 1. The van der Waals surface area contributed by atoms with Gasteiger partial charge < -0.3 is 0 Å². The Kier molecular flexibility index (Phi) is 2.44. The van der Waals surface area contributed by atoms with E-state index in [2.05, 4.69) is 15.7 Å². The zero-order valence-corrected chi connectivity index (χ0v) is 9.46. The molecule has 19 heavy (non-hydrogen) atoms. The van der Waals surface area contributed by atoms with Gasteiger partial charge >= 0.3 is 6.18 Å². The van der Waals surface area contributed by atoms with Gasteiger partial charge in [0.05, 0.1) is 29.5 Å². The lowest BCUT2D eigenvalue weighted by molar-refractivity contribution is -0.137. The van der Waals surface area contributed by atoms with Gasteiger partial charge in [0.25, 0.3) is 0 Å². The Morgan fingerprint density at radius 1 is 1.21 bits per heavy atom. The first-order valence-corrected chi connectivity index (χ1v) is 5.36. The second kappa shape index (κ2) is 4.01. The largest absolute Gasteiger partial charge is 0.416 e. The van der Waals surface area contributed by atoms with Crippen molar-refractivity contribution in [1.29, 1.82) is 0 Å². The molecule has 0 unspecified atom stereocenters. The van der Waals surface area contributed by atoms with Gasteiger partial charge in [-0.15, -0.1) is 0 Å². The van der Waals surface area contributed by atoms with Crippen LogP contribution >= 0.6 is 0 Å². The molecule has 1 aromatic heterocycles. The molecule has 2 heterocycles. The van der Waals surface area contributed by atoms with Crippen LogP contribution < -0.4 is 21.2 Å². The van der Waals surface area contributed by atoms with Gasteiger partial charge in [-0.3, -0.25) is 0 Å². The molecule has 5 nitrogen and oxygen atoms in total. The van der Waals surface area contributed by atoms with Gasteiger partial charge in [-0.1, -0.05) is 6.07 Å². The van der Waals surface area contributed by atoms with Crippen LogP contribution in [0.2, 0.25) is 0 Å². The fraction of sp³-hybridized carbons (Fsp3) is 0.0909. The average Bonchev–Trinajstić information content (AvgIpc) is 2.90. The Morgan fingerprint density at radius 3 is 2.74 bits per heavy atom. The fourth-order valence-electron chi connectivity index (χ4n) is 1.68. The Bertz CT molecular complexity index is 705. The van der Waals surface area contributed by atoms with Gasteiger partial charge in [0.15, 0.2) is 0 Å². The second-order valence-electron chi connectivity index (χ2n) is 3.88. The van der Waals surface area contributed by atoms with E-state index >= 15 is 0 Å². The molecule has 0 bridgehead atoms. The minimum atomic E-state index is -4.37. The maximum atomic E-state index is 12.6. The van der Waals surface area contributed by atoms with E-state index in [1.165, 1.54) is 16.0 Å². The Labute approximate surface area is 105 Å². The third-order valence-corrected chi connectivity index (χ3v) is 2.60. The topological polar surface area (TPSA) is 45.5 Å². The maximum absolute atomic E-state index is 12.6. The highest BCUT2D eigenvalue weighted by atomic mass is 19.4. The molecular formula is C11H8F3N5. The normalized spacial score (nSPS) is 14.2. The van der Waals surface area contributed by atoms with Crippen molar-refractivity contribution in [2.24, 2.45) is 5.10 Å². The quantitative estimate of drug-likeness (QED) is 0.810. The van der Waals surface area contributed by atoms with Gasteiger partial charge in [-0.05, 0) is 18.2 Å². The van der Waals surface area contributed by atoms with E-state index in [1.54, 1.807) is 24.7 Å². The first-order chi connectivity index (χ1) is 9.04. The van der Waals surface area contributed by atoms with E-state index in [4.69, 9.17) is 0 Å². The molecule has 0 atom stereocenters. The number of hydrazine groups is 1. The molecule has 1 aromatic carbocycles. The van der Waals surface area contributed by atoms with Crippen molar-refractivity contribution >= 4 is 6.20 Å². The molecule has 0 fully saturated rings. The molecule has 0 spiro atoms. The standard InChI is InChI=1S/C11H8F3N5/c12-11(13,14)9-3-2-8-7-19(17-16-10(8)6-9)18-5-1-4-15-18/h1-7,17H. The second-order valence-corrected chi connectivity index (χ2v) is 3.88. The summed E-state index contributed by atoms with van der Waals surface area (Å²) in [5, 5.41) is 10.1. The third kappa shape index (κ3) is 2.12. The van der Waals surface area contributed by atoms with Crippen molar-refractivity contribution in [3.8, 4) is 0 Å². The molecule has 0 saturated carbocycles. The van der Waals surface area contributed by atoms with Crippen LogP contribution in [0.5, 0.6) is 0 Å². The summed E-state index contributed by atoms with van der Waals surface area (Å²) in [7, 11) is 0. The summed E-state index contributed by atoms with van der Waals surface area (Å²) in [5.41, 5.74) is 1.87. The lowest BCUT2D eigenvalue weighted by atomic mass is 10.2. The third-order valence-electron chi connectivity index (χ3n) is 2.60. The van der Waals surface area contributed by atoms with Crippen LogP contribution in [0.25, 0.3) is 6.20 Å². The van der Waals surface area contributed by atoms with E-state index in [9.17, 15) is 13.2 Å². The van der Waals surface area contributed by atoms with E-state index in [0.717, 1.165) is 12.1 Å². The average molecular weight is 267 g/mol. The molecule has 3 rings (SSSR count). The summed E-state index contributed by atoms with van der Waals surface area (Å²) in [4.78, 5) is 1.46. The van der Waals surface area contributed by atoms with Crippen molar-refractivity contribution in [2.75, 3.05) is 5.12 Å². The number of nitrogens with one attached hydrogen (secondary N) is 1. The number of hydrogen-bond acceptors (Lipinski definition) is 4. The van der Waals surface area contributed by atoms with Crippen LogP contribution in [0.4, 0.5) is 13.2 Å². The Morgan fingerprint density at radius 2 is 2.05 bits per heavy atom. The lowest BCUT2D eigenvalue weighted by Gasteiger charge is -2.21. The summed E-state index contributed by atoms with van der Waals surface area (Å²) in [6, 6.07) is 5.12. The molecule has 0 aliphatic carbocycles. The van der Waals surface area contributed by atoms with Crippen molar-refractivity contribution in [2.45, 2.75) is 6.18 Å². The fourth-order valence-corrected chi connectivity index (χ4v) is 1.68. The molecule has 8 heteroatoms. The molecule has 0 saturated heterocycles. The molecule has 1 N–H and O–H groups in total. The number of alkyl halides is 3. The van der Waals surface area contributed by atoms with Gasteiger partial charge in [0.1, 0.15) is 0 Å². The number of hydrogen-bond donors (Lipinski definition) is 1. The van der Waals surface area contributed by atoms with Crippen LogP contribution in [0.3, 0.4) is 0 Å². The van der Waals surface area contributed by atoms with E-state index in [1.807, 2.05) is 0 Å². The van der Waals surface area contributed by atoms with Crippen LogP contribution in [-0.4, -0.2) is 9.89 Å². The highest BCUT2D eigenvalue weighted by molar-refractivity contribution is 5.34. The number of nitrogens with zero attached hydrogens (tertiary/aromatic N) is 4. The van der Waals surface area contributed by atoms with Crippen LogP contribution in [0, 0.1) is 0 Å². The molecular weight excluding hydrogens is 259 g/mol. The van der Waals surface area contributed by atoms with Crippen molar-refractivity contribution in [1.82, 2.24) is 15.4 Å². The molecule has 2 aromatic rings. The summed E-state index contributed by atoms with van der Waals surface area (Å²) >= 11 is 0. The Hall–Kier alpha value is -2.51. The molecule has 0 radical (unpaired) electrons. The van der Waals surface area contributed by atoms with Crippen molar-refractivity contribution in [3.63, 3.8) is 0 Å². The predicted octanol–water partition coefficient (Wildman–Crippen LogP) is 0.331. The van der Waals surface area contributed by atoms with Crippen LogP contribution in [0.1, 0.15) is 5.56 Å². The summed E-state index contributed by atoms with van der Waals surface area (Å²) in [6.07, 6.45) is 0.491. The van der Waals surface area contributed by atoms with Gasteiger partial charge in [0.2, 0.25) is 0 Å². The van der Waals surface area contributed by atoms with E-state index in [-0.39, 0.29) is 5.36 Å². The number of fused-ring (bicyclic) bond motifs is 1. The maximum Gasteiger partial charge on any atom is 0.416 e. The van der Waals surface area contributed by atoms with E-state index in [0.29, 0.717) is 5.22 Å². The summed E-state index contributed by atoms with van der Waals surface area (Å²) in [6.45, 7) is 0.